The van der Waals surface area contributed by atoms with Crippen LogP contribution in [-0.2, 0) is 9.53 Å². The van der Waals surface area contributed by atoms with Crippen molar-refractivity contribution in [2.75, 3.05) is 25.1 Å². The van der Waals surface area contributed by atoms with Crippen LogP contribution in [0.4, 0.5) is 5.82 Å². The fraction of sp³-hybridized carbons (Fsp3) is 0.462. The van der Waals surface area contributed by atoms with E-state index in [0.29, 0.717) is 12.1 Å². The highest BCUT2D eigenvalue weighted by atomic mass is 16.5. The van der Waals surface area contributed by atoms with Crippen molar-refractivity contribution in [3.05, 3.63) is 23.4 Å². The summed E-state index contributed by atoms with van der Waals surface area (Å²) in [4.78, 5) is 17.9. The predicted octanol–water partition coefficient (Wildman–Crippen LogP) is 1.26. The molecule has 5 heteroatoms. The van der Waals surface area contributed by atoms with Gasteiger partial charge < -0.3 is 9.64 Å². The number of methoxy groups -OCH3 is 1. The van der Waals surface area contributed by atoms with Crippen LogP contribution in [0.2, 0.25) is 0 Å². The summed E-state index contributed by atoms with van der Waals surface area (Å²) in [5.74, 6) is 0.492. The third-order valence-corrected chi connectivity index (χ3v) is 3.12. The summed E-state index contributed by atoms with van der Waals surface area (Å²) >= 11 is 0. The molecule has 0 saturated carbocycles. The van der Waals surface area contributed by atoms with Crippen molar-refractivity contribution in [3.63, 3.8) is 0 Å². The molecule has 1 unspecified atom stereocenters. The number of hydrogen-bond donors (Lipinski definition) is 0. The largest absolute Gasteiger partial charge is 0.469 e. The number of nitriles is 1. The minimum absolute atomic E-state index is 0.0946. The second kappa shape index (κ2) is 5.05. The Morgan fingerprint density at radius 3 is 3.06 bits per heavy atom. The average molecular weight is 245 g/mol. The number of aromatic nitrogens is 1. The van der Waals surface area contributed by atoms with E-state index >= 15 is 0 Å². The Morgan fingerprint density at radius 1 is 1.61 bits per heavy atom. The monoisotopic (exact) mass is 245 g/mol. The molecule has 1 aliphatic rings. The van der Waals surface area contributed by atoms with E-state index in [4.69, 9.17) is 10.00 Å². The number of anilines is 1. The lowest BCUT2D eigenvalue weighted by Gasteiger charge is -2.17. The Labute approximate surface area is 106 Å². The molecule has 0 bridgehead atoms. The van der Waals surface area contributed by atoms with Crippen LogP contribution in [-0.4, -0.2) is 31.2 Å². The summed E-state index contributed by atoms with van der Waals surface area (Å²) in [6.45, 7) is 3.23. The van der Waals surface area contributed by atoms with Crippen molar-refractivity contribution in [1.82, 2.24) is 4.98 Å². The van der Waals surface area contributed by atoms with E-state index in [1.54, 1.807) is 12.1 Å². The Bertz CT molecular complexity index is 507. The number of rotatable bonds is 2. The lowest BCUT2D eigenvalue weighted by Crippen LogP contribution is -2.24. The molecule has 0 aromatic carbocycles. The molecule has 1 aromatic heterocycles. The van der Waals surface area contributed by atoms with E-state index in [1.165, 1.54) is 7.11 Å². The number of ether oxygens (including phenoxy) is 1. The normalized spacial score (nSPS) is 18.5. The first-order valence-corrected chi connectivity index (χ1v) is 5.85. The third-order valence-electron chi connectivity index (χ3n) is 3.12. The quantitative estimate of drug-likeness (QED) is 0.734. The lowest BCUT2D eigenvalue weighted by atomic mass is 10.1. The van der Waals surface area contributed by atoms with Gasteiger partial charge in [0.25, 0.3) is 0 Å². The highest BCUT2D eigenvalue weighted by molar-refractivity contribution is 5.74. The summed E-state index contributed by atoms with van der Waals surface area (Å²) in [5, 5.41) is 8.94. The maximum atomic E-state index is 11.5. The van der Waals surface area contributed by atoms with E-state index in [-0.39, 0.29) is 11.9 Å². The molecule has 18 heavy (non-hydrogen) atoms. The van der Waals surface area contributed by atoms with Gasteiger partial charge in [-0.25, -0.2) is 4.98 Å². The van der Waals surface area contributed by atoms with Crippen molar-refractivity contribution in [3.8, 4) is 6.07 Å². The lowest BCUT2D eigenvalue weighted by molar-refractivity contribution is -0.144. The number of carbonyl (C=O) groups is 1. The Morgan fingerprint density at radius 2 is 2.39 bits per heavy atom. The van der Waals surface area contributed by atoms with Gasteiger partial charge >= 0.3 is 5.97 Å². The highest BCUT2D eigenvalue weighted by Crippen LogP contribution is 2.24. The molecular formula is C13H15N3O2. The van der Waals surface area contributed by atoms with Crippen molar-refractivity contribution >= 4 is 11.8 Å². The number of nitrogens with zero attached hydrogens (tertiary/aromatic N) is 3. The molecule has 2 rings (SSSR count). The van der Waals surface area contributed by atoms with Crippen LogP contribution in [0.25, 0.3) is 0 Å². The molecule has 0 radical (unpaired) electrons. The van der Waals surface area contributed by atoms with Crippen molar-refractivity contribution in [2.45, 2.75) is 13.3 Å². The van der Waals surface area contributed by atoms with Crippen LogP contribution < -0.4 is 4.90 Å². The van der Waals surface area contributed by atoms with Crippen LogP contribution in [0.5, 0.6) is 0 Å². The van der Waals surface area contributed by atoms with Gasteiger partial charge in [-0.1, -0.05) is 0 Å². The molecule has 94 valence electrons. The molecule has 0 amide bonds. The molecule has 0 N–H and O–H groups in total. The molecule has 1 saturated heterocycles. The first-order chi connectivity index (χ1) is 8.63. The van der Waals surface area contributed by atoms with Crippen molar-refractivity contribution < 1.29 is 9.53 Å². The summed E-state index contributed by atoms with van der Waals surface area (Å²) in [6, 6.07) is 5.62. The van der Waals surface area contributed by atoms with Gasteiger partial charge in [0.15, 0.2) is 0 Å². The van der Waals surface area contributed by atoms with Gasteiger partial charge in [0.1, 0.15) is 5.82 Å². The first-order valence-electron chi connectivity index (χ1n) is 5.85. The zero-order valence-corrected chi connectivity index (χ0v) is 10.5. The maximum absolute atomic E-state index is 11.5. The second-order valence-electron chi connectivity index (χ2n) is 4.42. The summed E-state index contributed by atoms with van der Waals surface area (Å²) in [6.07, 6.45) is 0.768. The van der Waals surface area contributed by atoms with Gasteiger partial charge in [0.2, 0.25) is 0 Å². The SMILES string of the molecule is COC(=O)C1CCN(c2cc(C#N)cc(C)n2)C1. The number of esters is 1. The molecule has 1 aliphatic heterocycles. The fourth-order valence-electron chi connectivity index (χ4n) is 2.20. The standard InChI is InChI=1S/C13H15N3O2/c1-9-5-10(7-14)6-12(15-9)16-4-3-11(8-16)13(17)18-2/h5-6,11H,3-4,8H2,1-2H3. The molecule has 1 fully saturated rings. The molecule has 0 aliphatic carbocycles. The van der Waals surface area contributed by atoms with Gasteiger partial charge in [-0.3, -0.25) is 4.79 Å². The van der Waals surface area contributed by atoms with Crippen LogP contribution in [0.3, 0.4) is 0 Å². The fourth-order valence-corrected chi connectivity index (χ4v) is 2.20. The van der Waals surface area contributed by atoms with Crippen molar-refractivity contribution in [1.29, 1.82) is 5.26 Å². The number of carbonyl (C=O) groups excluding carboxylic acids is 1. The highest BCUT2D eigenvalue weighted by Gasteiger charge is 2.29. The number of pyridine rings is 1. The minimum Gasteiger partial charge on any atom is -0.469 e. The maximum Gasteiger partial charge on any atom is 0.310 e. The van der Waals surface area contributed by atoms with Gasteiger partial charge in [0.05, 0.1) is 24.7 Å². The molecule has 2 heterocycles. The summed E-state index contributed by atoms with van der Waals surface area (Å²) < 4.78 is 4.75. The summed E-state index contributed by atoms with van der Waals surface area (Å²) in [5.41, 5.74) is 1.41. The molecule has 1 atom stereocenters. The summed E-state index contributed by atoms with van der Waals surface area (Å²) in [7, 11) is 1.41. The Balaban J connectivity index is 2.17. The van der Waals surface area contributed by atoms with Crippen LogP contribution in [0.1, 0.15) is 17.7 Å². The predicted molar refractivity (Wildman–Crippen MR) is 66.0 cm³/mol. The zero-order chi connectivity index (χ0) is 13.1. The number of aryl methyl sites for hydroxylation is 1. The van der Waals surface area contributed by atoms with E-state index in [0.717, 1.165) is 24.5 Å². The topological polar surface area (TPSA) is 66.2 Å². The van der Waals surface area contributed by atoms with E-state index < -0.39 is 0 Å². The van der Waals surface area contributed by atoms with Crippen LogP contribution in [0, 0.1) is 24.2 Å². The average Bonchev–Trinajstić information content (AvgIpc) is 2.86. The van der Waals surface area contributed by atoms with E-state index in [2.05, 4.69) is 11.1 Å². The molecule has 0 spiro atoms. The molecule has 5 nitrogen and oxygen atoms in total. The van der Waals surface area contributed by atoms with Gasteiger partial charge in [-0.05, 0) is 25.5 Å². The van der Waals surface area contributed by atoms with Gasteiger partial charge in [-0.15, -0.1) is 0 Å². The Kier molecular flexibility index (Phi) is 3.47. The number of hydrogen-bond acceptors (Lipinski definition) is 5. The van der Waals surface area contributed by atoms with Gasteiger partial charge in [0, 0.05) is 18.8 Å². The smallest absolute Gasteiger partial charge is 0.310 e. The first kappa shape index (κ1) is 12.4. The van der Waals surface area contributed by atoms with Crippen LogP contribution in [0.15, 0.2) is 12.1 Å². The van der Waals surface area contributed by atoms with Crippen molar-refractivity contribution in [2.24, 2.45) is 5.92 Å². The molecule has 1 aromatic rings. The van der Waals surface area contributed by atoms with E-state index in [9.17, 15) is 4.79 Å². The Hall–Kier alpha value is -2.09. The molecular weight excluding hydrogens is 230 g/mol. The minimum atomic E-state index is -0.175. The third kappa shape index (κ3) is 2.43. The van der Waals surface area contributed by atoms with Gasteiger partial charge in [-0.2, -0.15) is 5.26 Å². The second-order valence-corrected chi connectivity index (χ2v) is 4.42. The van der Waals surface area contributed by atoms with E-state index in [1.807, 2.05) is 11.8 Å². The zero-order valence-electron chi connectivity index (χ0n) is 10.5. The van der Waals surface area contributed by atoms with Crippen LogP contribution >= 0.6 is 0 Å².